The molecule has 0 saturated carbocycles. The minimum absolute atomic E-state index is 0.0387. The van der Waals surface area contributed by atoms with Gasteiger partial charge < -0.3 is 26.6 Å². The summed E-state index contributed by atoms with van der Waals surface area (Å²) >= 11 is 0. The summed E-state index contributed by atoms with van der Waals surface area (Å²) in [5.74, 6) is -0.0387. The monoisotopic (exact) mass is 466 g/mol. The smallest absolute Gasteiger partial charge is 0.408 e. The van der Waals surface area contributed by atoms with Gasteiger partial charge in [-0.1, -0.05) is 48.5 Å². The highest BCUT2D eigenvalue weighted by atomic mass is 16.6. The molecule has 0 aliphatic heterocycles. The Labute approximate surface area is 203 Å². The molecule has 34 heavy (non-hydrogen) atoms. The van der Waals surface area contributed by atoms with Crippen LogP contribution >= 0.6 is 0 Å². The van der Waals surface area contributed by atoms with Gasteiger partial charge in [0.05, 0.1) is 6.04 Å². The van der Waals surface area contributed by atoms with Crippen molar-refractivity contribution in [3.05, 3.63) is 70.8 Å². The van der Waals surface area contributed by atoms with Crippen LogP contribution in [0.5, 0.6) is 0 Å². The average molecular weight is 467 g/mol. The molecule has 0 unspecified atom stereocenters. The van der Waals surface area contributed by atoms with Gasteiger partial charge in [-0.2, -0.15) is 0 Å². The van der Waals surface area contributed by atoms with Gasteiger partial charge in [0, 0.05) is 24.4 Å². The number of carbonyl (C=O) groups is 2. The highest BCUT2D eigenvalue weighted by Gasteiger charge is 2.20. The summed E-state index contributed by atoms with van der Waals surface area (Å²) in [6, 6.07) is 14.8. The van der Waals surface area contributed by atoms with Gasteiger partial charge in [0.15, 0.2) is 5.78 Å². The van der Waals surface area contributed by atoms with E-state index in [9.17, 15) is 9.59 Å². The van der Waals surface area contributed by atoms with Crippen LogP contribution in [0.2, 0.25) is 0 Å². The Morgan fingerprint density at radius 1 is 0.912 bits per heavy atom. The van der Waals surface area contributed by atoms with Crippen LogP contribution in [-0.2, 0) is 22.5 Å². The van der Waals surface area contributed by atoms with Crippen LogP contribution in [0.3, 0.4) is 0 Å². The number of hydrogen-bond donors (Lipinski definition) is 4. The van der Waals surface area contributed by atoms with Crippen molar-refractivity contribution < 1.29 is 14.3 Å². The van der Waals surface area contributed by atoms with E-state index in [0.29, 0.717) is 30.8 Å². The average Bonchev–Trinajstić information content (AvgIpc) is 2.76. The number of alkyl carbamates (subject to hydrolysis) is 1. The molecule has 2 aromatic rings. The van der Waals surface area contributed by atoms with Gasteiger partial charge in [0.1, 0.15) is 5.60 Å². The lowest BCUT2D eigenvalue weighted by molar-refractivity contribution is -0.120. The first kappa shape index (κ1) is 28.7. The number of amides is 1. The van der Waals surface area contributed by atoms with E-state index in [-0.39, 0.29) is 5.78 Å². The summed E-state index contributed by atoms with van der Waals surface area (Å²) < 4.78 is 5.13. The van der Waals surface area contributed by atoms with Crippen LogP contribution in [0.4, 0.5) is 4.79 Å². The number of hydrogen-bond acceptors (Lipinski definition) is 6. The number of nitrogens with two attached hydrogens (primary N) is 1. The molecular weight excluding hydrogens is 428 g/mol. The predicted octanol–water partition coefficient (Wildman–Crippen LogP) is 5.02. The molecule has 1 amide bonds. The van der Waals surface area contributed by atoms with Crippen LogP contribution < -0.4 is 11.1 Å². The van der Waals surface area contributed by atoms with Gasteiger partial charge >= 0.3 is 6.09 Å². The molecule has 0 heterocycles. The lowest BCUT2D eigenvalue weighted by Crippen LogP contribution is -2.41. The van der Waals surface area contributed by atoms with E-state index in [2.05, 4.69) is 5.32 Å². The minimum atomic E-state index is -0.582. The second-order valence-electron chi connectivity index (χ2n) is 9.18. The van der Waals surface area contributed by atoms with Crippen LogP contribution in [0, 0.1) is 10.8 Å². The molecule has 5 N–H and O–H groups in total. The number of aryl methyl sites for hydroxylation is 1. The van der Waals surface area contributed by atoms with Crippen molar-refractivity contribution >= 4 is 23.3 Å². The van der Waals surface area contributed by atoms with E-state index >= 15 is 0 Å². The third-order valence-corrected chi connectivity index (χ3v) is 4.89. The molecule has 1 atom stereocenters. The van der Waals surface area contributed by atoms with Crippen molar-refractivity contribution in [2.45, 2.75) is 72.6 Å². The molecule has 0 aliphatic carbocycles. The zero-order valence-corrected chi connectivity index (χ0v) is 21.1. The highest BCUT2D eigenvalue weighted by Crippen LogP contribution is 2.10. The molecule has 7 nitrogen and oxygen atoms in total. The lowest BCUT2D eigenvalue weighted by Gasteiger charge is -2.21. The van der Waals surface area contributed by atoms with Gasteiger partial charge in [-0.15, -0.1) is 0 Å². The highest BCUT2D eigenvalue weighted by molar-refractivity contribution is 5.96. The predicted molar refractivity (Wildman–Crippen MR) is 138 cm³/mol. The second-order valence-corrected chi connectivity index (χ2v) is 9.18. The van der Waals surface area contributed by atoms with Gasteiger partial charge in [0.25, 0.3) is 0 Å². The molecule has 2 aromatic carbocycles. The van der Waals surface area contributed by atoms with E-state index in [0.717, 1.165) is 22.3 Å². The third-order valence-electron chi connectivity index (χ3n) is 4.89. The maximum Gasteiger partial charge on any atom is 0.408 e. The molecule has 0 aliphatic rings. The topological polar surface area (TPSA) is 129 Å². The molecule has 0 bridgehead atoms. The molecule has 0 fully saturated rings. The third kappa shape index (κ3) is 11.0. The Kier molecular flexibility index (Phi) is 11.3. The Bertz CT molecular complexity index is 974. The number of benzene rings is 2. The van der Waals surface area contributed by atoms with E-state index in [1.165, 1.54) is 0 Å². The SMILES string of the molecule is CC(=N)c1ccc(CCC(=O)[C@H](C)NC(=O)OC(C)(C)C)cc1.CC(=N)c1ccc(CN)cc1. The molecule has 184 valence electrons. The van der Waals surface area contributed by atoms with Crippen LogP contribution in [-0.4, -0.2) is 34.9 Å². The van der Waals surface area contributed by atoms with Crippen molar-refractivity contribution in [1.82, 2.24) is 5.32 Å². The lowest BCUT2D eigenvalue weighted by atomic mass is 10.0. The standard InChI is InChI=1S/C18H26N2O3.C9H12N2/c1-12(19)15-9-6-14(7-10-15)8-11-16(21)13(2)20-17(22)23-18(3,4)5;1-7(11)9-4-2-8(6-10)3-5-9/h6-7,9-10,13,19H,8,11H2,1-5H3,(H,20,22);2-5,11H,6,10H2,1H3/t13-;/m0./s1. The van der Waals surface area contributed by atoms with Crippen molar-refractivity contribution in [1.29, 1.82) is 10.8 Å². The number of ketones is 1. The zero-order chi connectivity index (χ0) is 25.9. The van der Waals surface area contributed by atoms with E-state index < -0.39 is 17.7 Å². The Morgan fingerprint density at radius 3 is 1.74 bits per heavy atom. The normalized spacial score (nSPS) is 11.5. The summed E-state index contributed by atoms with van der Waals surface area (Å²) in [6.07, 6.45) is 0.375. The first-order chi connectivity index (χ1) is 15.8. The Morgan fingerprint density at radius 2 is 1.35 bits per heavy atom. The Balaban J connectivity index is 0.000000437. The number of carbonyl (C=O) groups excluding carboxylic acids is 2. The summed E-state index contributed by atoms with van der Waals surface area (Å²) in [6.45, 7) is 11.1. The zero-order valence-electron chi connectivity index (χ0n) is 21.1. The molecule has 0 aromatic heterocycles. The number of ether oxygens (including phenoxy) is 1. The maximum atomic E-state index is 12.1. The summed E-state index contributed by atoms with van der Waals surface area (Å²) in [7, 11) is 0. The fourth-order valence-electron chi connectivity index (χ4n) is 2.86. The number of nitrogens with one attached hydrogen (secondary N) is 3. The Hall–Kier alpha value is -3.32. The minimum Gasteiger partial charge on any atom is -0.444 e. The maximum absolute atomic E-state index is 12.1. The molecule has 7 heteroatoms. The van der Waals surface area contributed by atoms with E-state index in [4.69, 9.17) is 21.3 Å². The van der Waals surface area contributed by atoms with Gasteiger partial charge in [0.2, 0.25) is 0 Å². The summed E-state index contributed by atoms with van der Waals surface area (Å²) in [5, 5.41) is 17.4. The van der Waals surface area contributed by atoms with Crippen LogP contribution in [0.1, 0.15) is 70.2 Å². The molecule has 0 radical (unpaired) electrons. The second kappa shape index (κ2) is 13.4. The first-order valence-corrected chi connectivity index (χ1v) is 11.3. The largest absolute Gasteiger partial charge is 0.444 e. The molecular formula is C27H38N4O3. The summed E-state index contributed by atoms with van der Waals surface area (Å²) in [5.41, 5.74) is 9.93. The van der Waals surface area contributed by atoms with E-state index in [1.807, 2.05) is 48.5 Å². The van der Waals surface area contributed by atoms with Crippen LogP contribution in [0.15, 0.2) is 48.5 Å². The first-order valence-electron chi connectivity index (χ1n) is 11.3. The summed E-state index contributed by atoms with van der Waals surface area (Å²) in [4.78, 5) is 23.7. The number of rotatable bonds is 8. The van der Waals surface area contributed by atoms with Gasteiger partial charge in [-0.05, 0) is 70.2 Å². The van der Waals surface area contributed by atoms with Crippen molar-refractivity contribution in [3.8, 4) is 0 Å². The van der Waals surface area contributed by atoms with Crippen molar-refractivity contribution in [2.24, 2.45) is 5.73 Å². The molecule has 0 saturated heterocycles. The molecule has 0 spiro atoms. The number of Topliss-reactive ketones (excluding diaryl/α,β-unsaturated/α-hetero) is 1. The molecule has 2 rings (SSSR count). The fraction of sp³-hybridized carbons (Fsp3) is 0.407. The van der Waals surface area contributed by atoms with Crippen molar-refractivity contribution in [2.75, 3.05) is 0 Å². The van der Waals surface area contributed by atoms with Gasteiger partial charge in [-0.3, -0.25) is 4.79 Å². The van der Waals surface area contributed by atoms with E-state index in [1.54, 1.807) is 41.5 Å². The van der Waals surface area contributed by atoms with Gasteiger partial charge in [-0.25, -0.2) is 4.79 Å². The quantitative estimate of drug-likeness (QED) is 0.407. The van der Waals surface area contributed by atoms with Crippen LogP contribution in [0.25, 0.3) is 0 Å². The fourth-order valence-corrected chi connectivity index (χ4v) is 2.86. The van der Waals surface area contributed by atoms with Crippen molar-refractivity contribution in [3.63, 3.8) is 0 Å².